The molecule has 6 heteroatoms. The van der Waals surface area contributed by atoms with E-state index in [-0.39, 0.29) is 23.7 Å². The van der Waals surface area contributed by atoms with Crippen molar-refractivity contribution in [3.8, 4) is 0 Å². The Balaban J connectivity index is 2.05. The first-order valence-corrected chi connectivity index (χ1v) is 7.52. The van der Waals surface area contributed by atoms with E-state index in [1.165, 1.54) is 0 Å². The highest BCUT2D eigenvalue weighted by Crippen LogP contribution is 2.70. The van der Waals surface area contributed by atoms with Crippen LogP contribution in [0.5, 0.6) is 0 Å². The summed E-state index contributed by atoms with van der Waals surface area (Å²) in [5.74, 6) is -0.336. The molecule has 4 aliphatic heterocycles. The summed E-state index contributed by atoms with van der Waals surface area (Å²) >= 11 is 0. The molecular formula is C11H12O5S. The molecule has 0 spiro atoms. The van der Waals surface area contributed by atoms with E-state index >= 15 is 0 Å². The van der Waals surface area contributed by atoms with Crippen LogP contribution < -0.4 is 0 Å². The molecule has 4 saturated heterocycles. The topological polar surface area (TPSA) is 69.7 Å². The predicted molar refractivity (Wildman–Crippen MR) is 56.6 cm³/mol. The van der Waals surface area contributed by atoms with E-state index in [2.05, 4.69) is 6.58 Å². The van der Waals surface area contributed by atoms with Crippen molar-refractivity contribution in [3.63, 3.8) is 0 Å². The maximum absolute atomic E-state index is 12.1. The standard InChI is InChI=1S/C11H12O5S/c1-6-10-4-17(13,14)5-11(10,9(12)15-6)8-3-2-7(10)16-8/h7-8H,1-5H2. The summed E-state index contributed by atoms with van der Waals surface area (Å²) in [6.45, 7) is 3.77. The number of cyclic esters (lactones) is 1. The van der Waals surface area contributed by atoms with Gasteiger partial charge in [0.2, 0.25) is 0 Å². The fourth-order valence-electron chi connectivity index (χ4n) is 4.30. The van der Waals surface area contributed by atoms with Gasteiger partial charge in [-0.2, -0.15) is 0 Å². The second kappa shape index (κ2) is 2.44. The summed E-state index contributed by atoms with van der Waals surface area (Å²) in [5.41, 5.74) is -1.79. The maximum Gasteiger partial charge on any atom is 0.322 e. The minimum atomic E-state index is -3.22. The van der Waals surface area contributed by atoms with E-state index in [9.17, 15) is 13.2 Å². The van der Waals surface area contributed by atoms with Crippen molar-refractivity contribution < 1.29 is 22.7 Å². The Kier molecular flexibility index (Phi) is 1.45. The molecule has 92 valence electrons. The zero-order valence-electron chi connectivity index (χ0n) is 9.14. The number of ether oxygens (including phenoxy) is 2. The van der Waals surface area contributed by atoms with Crippen LogP contribution in [-0.4, -0.2) is 38.1 Å². The fraction of sp³-hybridized carbons (Fsp3) is 0.727. The summed E-state index contributed by atoms with van der Waals surface area (Å²) in [4.78, 5) is 12.1. The lowest BCUT2D eigenvalue weighted by Crippen LogP contribution is -2.49. The van der Waals surface area contributed by atoms with Crippen LogP contribution in [0.15, 0.2) is 12.3 Å². The second-order valence-corrected chi connectivity index (χ2v) is 7.54. The SMILES string of the molecule is C=C1OC(=O)C23CS(=O)(=O)CC12C1CCC3O1. The van der Waals surface area contributed by atoms with Crippen molar-refractivity contribution in [1.82, 2.24) is 0 Å². The first kappa shape index (κ1) is 10.1. The van der Waals surface area contributed by atoms with Gasteiger partial charge in [-0.15, -0.1) is 0 Å². The molecule has 0 aromatic carbocycles. The number of rotatable bonds is 0. The Hall–Kier alpha value is -0.880. The summed E-state index contributed by atoms with van der Waals surface area (Å²) < 4.78 is 34.9. The van der Waals surface area contributed by atoms with Crippen molar-refractivity contribution in [2.75, 3.05) is 11.5 Å². The third-order valence-electron chi connectivity index (χ3n) is 4.89. The molecule has 17 heavy (non-hydrogen) atoms. The van der Waals surface area contributed by atoms with Crippen molar-refractivity contribution in [1.29, 1.82) is 0 Å². The third kappa shape index (κ3) is 0.798. The average Bonchev–Trinajstić information content (AvgIpc) is 2.86. The van der Waals surface area contributed by atoms with Gasteiger partial charge in [-0.25, -0.2) is 8.42 Å². The van der Waals surface area contributed by atoms with Gasteiger partial charge in [0.15, 0.2) is 9.84 Å². The van der Waals surface area contributed by atoms with Crippen LogP contribution in [0.25, 0.3) is 0 Å². The van der Waals surface area contributed by atoms with Gasteiger partial charge < -0.3 is 9.47 Å². The fourth-order valence-corrected chi connectivity index (χ4v) is 6.96. The highest BCUT2D eigenvalue weighted by atomic mass is 32.2. The van der Waals surface area contributed by atoms with Crippen LogP contribution in [0.1, 0.15) is 12.8 Å². The number of carbonyl (C=O) groups is 1. The lowest BCUT2D eigenvalue weighted by atomic mass is 9.58. The Morgan fingerprint density at radius 1 is 1.18 bits per heavy atom. The first-order chi connectivity index (χ1) is 7.92. The average molecular weight is 256 g/mol. The molecule has 0 radical (unpaired) electrons. The molecule has 4 unspecified atom stereocenters. The molecule has 0 amide bonds. The van der Waals surface area contributed by atoms with E-state index in [4.69, 9.17) is 9.47 Å². The molecule has 4 aliphatic rings. The number of hydrogen-bond donors (Lipinski definition) is 0. The summed E-state index contributed by atoms with van der Waals surface area (Å²) in [6, 6.07) is 0. The molecular weight excluding hydrogens is 244 g/mol. The molecule has 2 bridgehead atoms. The van der Waals surface area contributed by atoms with Crippen LogP contribution in [0.4, 0.5) is 0 Å². The number of sulfone groups is 1. The van der Waals surface area contributed by atoms with E-state index in [1.807, 2.05) is 0 Å². The Labute approximate surface area is 98.7 Å². The molecule has 4 heterocycles. The predicted octanol–water partition coefficient (Wildman–Crippen LogP) is 0.0193. The van der Waals surface area contributed by atoms with Crippen LogP contribution in [0, 0.1) is 10.8 Å². The molecule has 4 fully saturated rings. The van der Waals surface area contributed by atoms with Crippen molar-refractivity contribution in [2.45, 2.75) is 25.0 Å². The molecule has 5 nitrogen and oxygen atoms in total. The molecule has 0 aliphatic carbocycles. The van der Waals surface area contributed by atoms with Gasteiger partial charge in [0.1, 0.15) is 11.2 Å². The molecule has 0 saturated carbocycles. The molecule has 4 rings (SSSR count). The summed E-state index contributed by atoms with van der Waals surface area (Å²) in [5, 5.41) is 0. The first-order valence-electron chi connectivity index (χ1n) is 5.70. The van der Waals surface area contributed by atoms with Crippen LogP contribution in [-0.2, 0) is 24.1 Å². The normalized spacial score (nSPS) is 53.6. The lowest BCUT2D eigenvalue weighted by Gasteiger charge is -2.34. The Morgan fingerprint density at radius 3 is 2.41 bits per heavy atom. The van der Waals surface area contributed by atoms with Gasteiger partial charge in [0.25, 0.3) is 0 Å². The Bertz CT molecular complexity index is 522. The van der Waals surface area contributed by atoms with Crippen molar-refractivity contribution >= 4 is 15.8 Å². The van der Waals surface area contributed by atoms with Crippen LogP contribution in [0.2, 0.25) is 0 Å². The van der Waals surface area contributed by atoms with E-state index in [1.54, 1.807) is 0 Å². The number of hydrogen-bond acceptors (Lipinski definition) is 5. The monoisotopic (exact) mass is 256 g/mol. The van der Waals surface area contributed by atoms with Gasteiger partial charge in [-0.3, -0.25) is 4.79 Å². The lowest BCUT2D eigenvalue weighted by molar-refractivity contribution is -0.147. The van der Waals surface area contributed by atoms with Gasteiger partial charge in [-0.05, 0) is 12.8 Å². The number of carbonyl (C=O) groups excluding carboxylic acids is 1. The van der Waals surface area contributed by atoms with E-state index < -0.39 is 26.6 Å². The molecule has 4 atom stereocenters. The van der Waals surface area contributed by atoms with Crippen LogP contribution in [0.3, 0.4) is 0 Å². The minimum Gasteiger partial charge on any atom is -0.430 e. The zero-order valence-corrected chi connectivity index (χ0v) is 9.96. The molecule has 0 aromatic rings. The van der Waals surface area contributed by atoms with Crippen molar-refractivity contribution in [2.24, 2.45) is 10.8 Å². The maximum atomic E-state index is 12.1. The number of esters is 1. The van der Waals surface area contributed by atoms with Gasteiger partial charge in [-0.1, -0.05) is 6.58 Å². The van der Waals surface area contributed by atoms with E-state index in [0.29, 0.717) is 5.76 Å². The second-order valence-electron chi connectivity index (χ2n) is 5.48. The summed E-state index contributed by atoms with van der Waals surface area (Å²) in [7, 11) is -3.22. The van der Waals surface area contributed by atoms with Crippen molar-refractivity contribution in [3.05, 3.63) is 12.3 Å². The Morgan fingerprint density at radius 2 is 1.76 bits per heavy atom. The van der Waals surface area contributed by atoms with Crippen LogP contribution >= 0.6 is 0 Å². The molecule has 0 N–H and O–H groups in total. The number of fused-ring (bicyclic) bond motifs is 2. The summed E-state index contributed by atoms with van der Waals surface area (Å²) in [6.07, 6.45) is 1.00. The quantitative estimate of drug-likeness (QED) is 0.571. The van der Waals surface area contributed by atoms with Gasteiger partial charge >= 0.3 is 5.97 Å². The van der Waals surface area contributed by atoms with E-state index in [0.717, 1.165) is 12.8 Å². The highest BCUT2D eigenvalue weighted by Gasteiger charge is 2.83. The highest BCUT2D eigenvalue weighted by molar-refractivity contribution is 7.91. The van der Waals surface area contributed by atoms with Gasteiger partial charge in [0.05, 0.1) is 29.1 Å². The minimum absolute atomic E-state index is 0.0499. The third-order valence-corrected chi connectivity index (χ3v) is 6.68. The zero-order chi connectivity index (χ0) is 12.1. The largest absolute Gasteiger partial charge is 0.430 e. The smallest absolute Gasteiger partial charge is 0.322 e. The van der Waals surface area contributed by atoms with Gasteiger partial charge in [0, 0.05) is 0 Å². The molecule has 0 aromatic heterocycles.